The van der Waals surface area contributed by atoms with Gasteiger partial charge in [-0.05, 0) is 62.3 Å². The molecule has 19 heavy (non-hydrogen) atoms. The van der Waals surface area contributed by atoms with Crippen LogP contribution in [0.15, 0.2) is 23.3 Å². The highest BCUT2D eigenvalue weighted by molar-refractivity contribution is 6.11. The zero-order chi connectivity index (χ0) is 15.2. The summed E-state index contributed by atoms with van der Waals surface area (Å²) in [5.41, 5.74) is 1.71. The zero-order valence-electron chi connectivity index (χ0n) is 14.1. The predicted molar refractivity (Wildman–Crippen MR) is 82.8 cm³/mol. The third kappa shape index (κ3) is 3.52. The molecule has 0 aromatic carbocycles. The first-order chi connectivity index (χ1) is 8.24. The molecule has 0 aromatic rings. The fourth-order valence-corrected chi connectivity index (χ4v) is 2.18. The number of allylic oxidation sites excluding steroid dienone is 4. The zero-order valence-corrected chi connectivity index (χ0v) is 14.1. The van der Waals surface area contributed by atoms with Crippen LogP contribution in [0.3, 0.4) is 0 Å². The van der Waals surface area contributed by atoms with E-state index in [1.165, 1.54) is 5.92 Å². The van der Waals surface area contributed by atoms with Gasteiger partial charge in [-0.15, -0.1) is 0 Å². The van der Waals surface area contributed by atoms with Crippen molar-refractivity contribution in [1.29, 1.82) is 0 Å². The average Bonchev–Trinajstić information content (AvgIpc) is 2.11. The van der Waals surface area contributed by atoms with E-state index in [0.717, 1.165) is 11.1 Å². The SMILES string of the molecule is CC(C)(C)C1=C[C+](C(C)(C)C)C=C(C(C)(C)C)C1=O. The summed E-state index contributed by atoms with van der Waals surface area (Å²) in [5, 5.41) is 0. The van der Waals surface area contributed by atoms with Crippen molar-refractivity contribution in [3.63, 3.8) is 0 Å². The largest absolute Gasteiger partial charge is 0.291 e. The lowest BCUT2D eigenvalue weighted by Crippen LogP contribution is -2.31. The molecule has 0 aromatic heterocycles. The molecule has 1 nitrogen and oxygen atoms in total. The molecule has 0 heterocycles. The minimum atomic E-state index is -0.113. The van der Waals surface area contributed by atoms with Gasteiger partial charge < -0.3 is 0 Å². The molecule has 1 aliphatic carbocycles. The molecule has 0 spiro atoms. The van der Waals surface area contributed by atoms with E-state index in [1.54, 1.807) is 0 Å². The summed E-state index contributed by atoms with van der Waals surface area (Å²) < 4.78 is 0. The molecule has 0 fully saturated rings. The van der Waals surface area contributed by atoms with Crippen molar-refractivity contribution in [3.8, 4) is 0 Å². The van der Waals surface area contributed by atoms with Crippen molar-refractivity contribution < 1.29 is 4.79 Å². The van der Waals surface area contributed by atoms with Crippen molar-refractivity contribution in [2.45, 2.75) is 62.3 Å². The topological polar surface area (TPSA) is 17.1 Å². The highest BCUT2D eigenvalue weighted by Gasteiger charge is 2.45. The smallest absolute Gasteiger partial charge is 0.257 e. The van der Waals surface area contributed by atoms with E-state index in [4.69, 9.17) is 0 Å². The summed E-state index contributed by atoms with van der Waals surface area (Å²) in [6, 6.07) is 0. The fraction of sp³-hybridized carbons (Fsp3) is 0.667. The van der Waals surface area contributed by atoms with Crippen LogP contribution < -0.4 is 0 Å². The van der Waals surface area contributed by atoms with Gasteiger partial charge in [-0.1, -0.05) is 0 Å². The molecule has 0 radical (unpaired) electrons. The molecule has 1 rings (SSSR count). The summed E-state index contributed by atoms with van der Waals surface area (Å²) in [4.78, 5) is 12.7. The summed E-state index contributed by atoms with van der Waals surface area (Å²) >= 11 is 0. The third-order valence-electron chi connectivity index (χ3n) is 3.57. The monoisotopic (exact) mass is 261 g/mol. The Morgan fingerprint density at radius 2 is 1.05 bits per heavy atom. The number of ketones is 1. The first-order valence-electron chi connectivity index (χ1n) is 7.11. The second kappa shape index (κ2) is 4.54. The van der Waals surface area contributed by atoms with E-state index in [9.17, 15) is 4.79 Å². The number of hydrogen-bond acceptors (Lipinski definition) is 1. The molecule has 0 saturated carbocycles. The number of carbonyl (C=O) groups excluding carboxylic acids is 1. The van der Waals surface area contributed by atoms with Gasteiger partial charge in [0.2, 0.25) is 0 Å². The van der Waals surface area contributed by atoms with Gasteiger partial charge in [-0.3, -0.25) is 4.79 Å². The predicted octanol–water partition coefficient (Wildman–Crippen LogP) is 5.13. The molecular weight excluding hydrogens is 232 g/mol. The van der Waals surface area contributed by atoms with Crippen LogP contribution in [0.1, 0.15) is 62.3 Å². The Balaban J connectivity index is 3.39. The van der Waals surface area contributed by atoms with Gasteiger partial charge in [0.05, 0.1) is 18.1 Å². The number of hydrogen-bond donors (Lipinski definition) is 0. The second-order valence-corrected chi connectivity index (χ2v) is 8.65. The van der Waals surface area contributed by atoms with Crippen LogP contribution in [-0.4, -0.2) is 5.78 Å². The molecule has 0 atom stereocenters. The van der Waals surface area contributed by atoms with Crippen LogP contribution in [0.2, 0.25) is 0 Å². The van der Waals surface area contributed by atoms with Crippen LogP contribution in [0.5, 0.6) is 0 Å². The van der Waals surface area contributed by atoms with Crippen LogP contribution >= 0.6 is 0 Å². The lowest BCUT2D eigenvalue weighted by atomic mass is 9.66. The third-order valence-corrected chi connectivity index (χ3v) is 3.57. The summed E-state index contributed by atoms with van der Waals surface area (Å²) in [6.45, 7) is 19.3. The van der Waals surface area contributed by atoms with Gasteiger partial charge in [0.15, 0.2) is 0 Å². The summed E-state index contributed by atoms with van der Waals surface area (Å²) in [6.07, 6.45) is 4.22. The molecule has 0 aliphatic heterocycles. The molecule has 0 saturated heterocycles. The van der Waals surface area contributed by atoms with Crippen molar-refractivity contribution in [2.75, 3.05) is 0 Å². The van der Waals surface area contributed by atoms with Crippen LogP contribution in [-0.2, 0) is 4.79 Å². The number of carbonyl (C=O) groups is 1. The van der Waals surface area contributed by atoms with Crippen molar-refractivity contribution in [2.24, 2.45) is 16.2 Å². The van der Waals surface area contributed by atoms with Crippen molar-refractivity contribution >= 4 is 5.78 Å². The maximum Gasteiger partial charge on any atom is 0.291 e. The normalized spacial score (nSPS) is 18.4. The average molecular weight is 261 g/mol. The molecule has 0 N–H and O–H groups in total. The Kier molecular flexibility index (Phi) is 3.84. The first-order valence-corrected chi connectivity index (χ1v) is 7.11. The summed E-state index contributed by atoms with van der Waals surface area (Å²) in [7, 11) is 0. The Bertz CT molecular complexity index is 394. The van der Waals surface area contributed by atoms with Gasteiger partial charge in [0.25, 0.3) is 5.78 Å². The molecule has 1 aliphatic rings. The molecular formula is C18H29O+. The summed E-state index contributed by atoms with van der Waals surface area (Å²) in [5.74, 6) is 1.47. The molecule has 0 unspecified atom stereocenters. The minimum Gasteiger partial charge on any atom is -0.257 e. The minimum absolute atomic E-state index is 0.0632. The van der Waals surface area contributed by atoms with Crippen LogP contribution in [0, 0.1) is 22.2 Å². The van der Waals surface area contributed by atoms with Gasteiger partial charge in [-0.25, -0.2) is 0 Å². The van der Waals surface area contributed by atoms with E-state index < -0.39 is 0 Å². The van der Waals surface area contributed by atoms with E-state index in [2.05, 4.69) is 74.5 Å². The van der Waals surface area contributed by atoms with E-state index in [0.29, 0.717) is 0 Å². The lowest BCUT2D eigenvalue weighted by molar-refractivity contribution is -0.114. The Hall–Kier alpha value is -0.980. The van der Waals surface area contributed by atoms with E-state index in [-0.39, 0.29) is 22.0 Å². The van der Waals surface area contributed by atoms with Gasteiger partial charge in [0.1, 0.15) is 11.1 Å². The second-order valence-electron chi connectivity index (χ2n) is 8.65. The lowest BCUT2D eigenvalue weighted by Gasteiger charge is -2.30. The Labute approximate surface area is 119 Å². The Morgan fingerprint density at radius 3 is 1.26 bits per heavy atom. The molecule has 0 amide bonds. The standard InChI is InChI=1S/C18H29O/c1-16(2,3)12-10-13(17(4,5)6)15(19)14(11-12)18(7,8)9/h10-11H,1-9H3/q+1. The maximum absolute atomic E-state index is 12.7. The van der Waals surface area contributed by atoms with Gasteiger partial charge in [-0.2, -0.15) is 0 Å². The Morgan fingerprint density at radius 1 is 0.737 bits per heavy atom. The van der Waals surface area contributed by atoms with Crippen LogP contribution in [0.4, 0.5) is 0 Å². The van der Waals surface area contributed by atoms with Crippen LogP contribution in [0.25, 0.3) is 0 Å². The van der Waals surface area contributed by atoms with Crippen molar-refractivity contribution in [1.82, 2.24) is 0 Å². The number of Topliss-reactive ketones (excluding diaryl/α,β-unsaturated/α-hetero) is 1. The van der Waals surface area contributed by atoms with E-state index in [1.807, 2.05) is 0 Å². The van der Waals surface area contributed by atoms with Crippen molar-refractivity contribution in [3.05, 3.63) is 29.2 Å². The fourth-order valence-electron chi connectivity index (χ4n) is 2.18. The van der Waals surface area contributed by atoms with Gasteiger partial charge >= 0.3 is 0 Å². The quantitative estimate of drug-likeness (QED) is 0.552. The van der Waals surface area contributed by atoms with E-state index >= 15 is 0 Å². The highest BCUT2D eigenvalue weighted by Crippen LogP contribution is 2.44. The first kappa shape index (κ1) is 16.1. The number of rotatable bonds is 0. The maximum atomic E-state index is 12.7. The van der Waals surface area contributed by atoms with Gasteiger partial charge in [0, 0.05) is 16.2 Å². The highest BCUT2D eigenvalue weighted by atomic mass is 16.1. The molecule has 0 bridgehead atoms. The molecule has 1 heteroatoms. The molecule has 106 valence electrons.